The van der Waals surface area contributed by atoms with E-state index < -0.39 is 69.5 Å². The molecular formula is C25H64Br2Cl2O10PdSi8. The van der Waals surface area contributed by atoms with Gasteiger partial charge in [-0.15, -0.1) is 6.58 Å². The Bertz CT molecular complexity index is 835. The molecular weight excluding hydrogens is 1020 g/mol. The maximum absolute atomic E-state index is 6.31. The molecule has 23 heteroatoms. The van der Waals surface area contributed by atoms with Crippen LogP contribution in [0.3, 0.4) is 0 Å². The van der Waals surface area contributed by atoms with Crippen LogP contribution < -0.4 is 0 Å². The van der Waals surface area contributed by atoms with Gasteiger partial charge in [0.2, 0.25) is 0 Å². The van der Waals surface area contributed by atoms with Crippen LogP contribution >= 0.6 is 50.9 Å². The summed E-state index contributed by atoms with van der Waals surface area (Å²) in [6.45, 7) is 34.8. The molecule has 3 aliphatic heterocycles. The number of ether oxygens (including phenoxy) is 1. The zero-order valence-corrected chi connectivity index (χ0v) is 46.0. The minimum atomic E-state index is -2.72. The first kappa shape index (κ1) is 53.4. The first-order chi connectivity index (χ1) is 21.7. The van der Waals surface area contributed by atoms with E-state index in [0.717, 1.165) is 36.7 Å². The molecule has 3 aliphatic rings. The summed E-state index contributed by atoms with van der Waals surface area (Å²) in [7, 11) is -7.67. The Morgan fingerprint density at radius 2 is 1.00 bits per heavy atom. The van der Waals surface area contributed by atoms with E-state index in [1.165, 1.54) is 12.8 Å². The molecule has 0 N–H and O–H groups in total. The van der Waals surface area contributed by atoms with Gasteiger partial charge < -0.3 is 42.1 Å². The molecule has 0 aromatic heterocycles. The Morgan fingerprint density at radius 1 is 0.667 bits per heavy atom. The van der Waals surface area contributed by atoms with Gasteiger partial charge in [-0.3, -0.25) is 0 Å². The van der Waals surface area contributed by atoms with Crippen molar-refractivity contribution in [1.82, 2.24) is 0 Å². The second-order valence-corrected chi connectivity index (χ2v) is 44.3. The van der Waals surface area contributed by atoms with Crippen LogP contribution in [0.1, 0.15) is 25.7 Å². The normalized spacial score (nSPS) is 24.8. The molecule has 0 aliphatic carbocycles. The van der Waals surface area contributed by atoms with E-state index >= 15 is 0 Å². The standard InChI is InChI=1S/C11H29BrO5Si4.C7H22O4Si4.C4H8O.C3H5Br.2ClH.Pd/c1-18(2)14-19(3,4)16-21(7,13-11-9-8-10-12)17-20(5,6)15-18;1-12-8-13(2,3)10-15(6,7)11-14(4,5)9-12;1-2-4-5-3-1;1-2-3-4;;;/h8-11H2,1-7H3;12H,1-7H3;1-4H2;2H,1,3H2;2*1H;/q;;;;;;+2/p-2. The quantitative estimate of drug-likeness (QED) is 0.111. The van der Waals surface area contributed by atoms with Crippen molar-refractivity contribution >= 4 is 120 Å². The molecule has 0 saturated carbocycles. The zero-order chi connectivity index (χ0) is 37.9. The van der Waals surface area contributed by atoms with Crippen LogP contribution in [0.5, 0.6) is 0 Å². The fraction of sp³-hybridized carbons (Fsp3) is 0.920. The van der Waals surface area contributed by atoms with Crippen LogP contribution in [0.15, 0.2) is 12.7 Å². The number of alkyl halides is 2. The molecule has 0 atom stereocenters. The number of unbranched alkanes of at least 4 members (excludes halogenated alkanes) is 1. The van der Waals surface area contributed by atoms with E-state index in [0.29, 0.717) is 6.61 Å². The van der Waals surface area contributed by atoms with Crippen molar-refractivity contribution < 1.29 is 58.0 Å². The Labute approximate surface area is 335 Å². The molecule has 10 nitrogen and oxygen atoms in total. The monoisotopic (exact) mass is 1080 g/mol. The fourth-order valence-electron chi connectivity index (χ4n) is 5.26. The van der Waals surface area contributed by atoms with Gasteiger partial charge >= 0.3 is 104 Å². The fourth-order valence-corrected chi connectivity index (χ4v) is 43.7. The zero-order valence-electron chi connectivity index (χ0n) is 31.6. The Kier molecular flexibility index (Phi) is 28.3. The van der Waals surface area contributed by atoms with Gasteiger partial charge in [0.1, 0.15) is 0 Å². The SMILES string of the molecule is C1CCOC1.C=CCBr.C[SiH]1O[Si](C)(C)O[Si](C)(C)O[Si](C)(C)O1.C[Si]1(C)O[Si](C)(C)O[Si](C)(OCCCCBr)O[Si](C)(C)O1.[Cl][Pd][Cl]. The van der Waals surface area contributed by atoms with Crippen molar-refractivity contribution in [2.75, 3.05) is 30.5 Å². The molecule has 0 unspecified atom stereocenters. The average Bonchev–Trinajstić information content (AvgIpc) is 3.42. The number of hydrogen-bond donors (Lipinski definition) is 0. The van der Waals surface area contributed by atoms with Gasteiger partial charge in [-0.2, -0.15) is 0 Å². The molecule has 0 aromatic carbocycles. The Balaban J connectivity index is 0. The molecule has 0 aromatic rings. The van der Waals surface area contributed by atoms with E-state index in [2.05, 4.69) is 97.4 Å². The van der Waals surface area contributed by atoms with Gasteiger partial charge in [0.05, 0.1) is 0 Å². The predicted molar refractivity (Wildman–Crippen MR) is 223 cm³/mol. The van der Waals surface area contributed by atoms with Gasteiger partial charge in [0.15, 0.2) is 0 Å². The van der Waals surface area contributed by atoms with Crippen LogP contribution in [0.2, 0.25) is 91.7 Å². The van der Waals surface area contributed by atoms with Crippen molar-refractivity contribution in [3.8, 4) is 0 Å². The van der Waals surface area contributed by atoms with Crippen LogP contribution in [0.4, 0.5) is 0 Å². The van der Waals surface area contributed by atoms with Crippen LogP contribution in [-0.4, -0.2) is 99.9 Å². The van der Waals surface area contributed by atoms with E-state index in [1.807, 2.05) is 32.7 Å². The van der Waals surface area contributed by atoms with E-state index in [4.69, 9.17) is 61.1 Å². The Hall–Kier alpha value is 3.28. The number of hydrogen-bond acceptors (Lipinski definition) is 10. The second-order valence-electron chi connectivity index (χ2n) is 13.7. The summed E-state index contributed by atoms with van der Waals surface area (Å²) in [6.07, 6.45) is 6.42. The van der Waals surface area contributed by atoms with Crippen LogP contribution in [0.25, 0.3) is 0 Å². The third kappa shape index (κ3) is 29.6. The summed E-state index contributed by atoms with van der Waals surface area (Å²) in [5.74, 6) is 0. The van der Waals surface area contributed by atoms with E-state index in [-0.39, 0.29) is 15.9 Å². The molecule has 0 spiro atoms. The van der Waals surface area contributed by atoms with Crippen molar-refractivity contribution in [2.45, 2.75) is 117 Å². The summed E-state index contributed by atoms with van der Waals surface area (Å²) in [5, 5.41) is 1.88. The molecule has 294 valence electrons. The third-order valence-corrected chi connectivity index (χ3v) is 37.1. The summed E-state index contributed by atoms with van der Waals surface area (Å²) in [4.78, 5) is 0. The van der Waals surface area contributed by atoms with Gasteiger partial charge in [0.25, 0.3) is 0 Å². The minimum absolute atomic E-state index is 0.106. The summed E-state index contributed by atoms with van der Waals surface area (Å²) in [5.41, 5.74) is 0. The van der Waals surface area contributed by atoms with Gasteiger partial charge in [-0.1, -0.05) is 37.9 Å². The summed E-state index contributed by atoms with van der Waals surface area (Å²) < 4.78 is 60.3. The first-order valence-electron chi connectivity index (χ1n) is 16.1. The summed E-state index contributed by atoms with van der Waals surface area (Å²) >= 11 is 6.46. The molecule has 3 saturated heterocycles. The number of allylic oxidation sites excluding steroid dienone is 1. The van der Waals surface area contributed by atoms with Gasteiger partial charge in [-0.25, -0.2) is 0 Å². The maximum atomic E-state index is 6.31. The van der Waals surface area contributed by atoms with Crippen molar-refractivity contribution in [3.63, 3.8) is 0 Å². The topological polar surface area (TPSA) is 92.3 Å². The number of halogens is 4. The van der Waals surface area contributed by atoms with E-state index in [1.54, 1.807) is 6.08 Å². The molecule has 0 radical (unpaired) electrons. The molecule has 0 amide bonds. The van der Waals surface area contributed by atoms with Crippen molar-refractivity contribution in [1.29, 1.82) is 0 Å². The molecule has 3 rings (SSSR count). The third-order valence-electron chi connectivity index (χ3n) is 5.56. The summed E-state index contributed by atoms with van der Waals surface area (Å²) in [6, 6.07) is 0. The van der Waals surface area contributed by atoms with Crippen molar-refractivity contribution in [2.24, 2.45) is 0 Å². The van der Waals surface area contributed by atoms with Crippen LogP contribution in [0, 0.1) is 0 Å². The predicted octanol–water partition coefficient (Wildman–Crippen LogP) is 9.69. The second kappa shape index (κ2) is 25.4. The first-order valence-corrected chi connectivity index (χ1v) is 43.5. The van der Waals surface area contributed by atoms with E-state index in [9.17, 15) is 0 Å². The van der Waals surface area contributed by atoms with Crippen LogP contribution in [-0.2, 0) is 58.0 Å². The molecule has 0 bridgehead atoms. The van der Waals surface area contributed by atoms with Gasteiger partial charge in [-0.05, 0) is 111 Å². The average molecular weight is 1090 g/mol. The molecule has 3 heterocycles. The van der Waals surface area contributed by atoms with Gasteiger partial charge in [0, 0.05) is 37.0 Å². The number of rotatable bonds is 6. The molecule has 48 heavy (non-hydrogen) atoms. The van der Waals surface area contributed by atoms with Crippen molar-refractivity contribution in [3.05, 3.63) is 12.7 Å². The molecule has 3 fully saturated rings. The Morgan fingerprint density at radius 3 is 1.29 bits per heavy atom.